The van der Waals surface area contributed by atoms with Crippen LogP contribution in [0.5, 0.6) is 0 Å². The van der Waals surface area contributed by atoms with Crippen molar-refractivity contribution in [2.24, 2.45) is 5.92 Å². The quantitative estimate of drug-likeness (QED) is 0.711. The predicted octanol–water partition coefficient (Wildman–Crippen LogP) is 4.14. The van der Waals surface area contributed by atoms with Crippen molar-refractivity contribution in [3.8, 4) is 0 Å². The van der Waals surface area contributed by atoms with Crippen molar-refractivity contribution in [2.45, 2.75) is 57.0 Å². The molecule has 0 heterocycles. The van der Waals surface area contributed by atoms with Crippen molar-refractivity contribution in [1.29, 1.82) is 0 Å². The van der Waals surface area contributed by atoms with E-state index in [1.165, 1.54) is 6.07 Å². The molecule has 0 radical (unpaired) electrons. The summed E-state index contributed by atoms with van der Waals surface area (Å²) in [6.07, 6.45) is -1.81. The minimum absolute atomic E-state index is 0.0960. The Balaban J connectivity index is 1.86. The summed E-state index contributed by atoms with van der Waals surface area (Å²) in [5, 5.41) is 2.45. The summed E-state index contributed by atoms with van der Waals surface area (Å²) in [6, 6.07) is 2.77. The average Bonchev–Trinajstić information content (AvgIpc) is 2.54. The van der Waals surface area contributed by atoms with Crippen LogP contribution in [-0.4, -0.2) is 26.3 Å². The second kappa shape index (κ2) is 8.12. The number of nitrogens with one attached hydrogen (secondary N) is 2. The normalized spacial score (nSPS) is 21.8. The smallest absolute Gasteiger partial charge is 0.385 e. The number of hydrogen-bond donors (Lipinski definition) is 2. The standard InChI is InChI=1S/C17H24F4N2O2S/c1-11(2)26(24,25)23-13-5-3-12(4-6-13)10-22-14-7-8-16(18)15(9-14)17(19,20)21/h7-9,11-13,22-23H,3-6,10H2,1-2H3/t12-,13-. The lowest BCUT2D eigenvalue weighted by atomic mass is 9.86. The van der Waals surface area contributed by atoms with Crippen LogP contribution in [-0.2, 0) is 16.2 Å². The topological polar surface area (TPSA) is 58.2 Å². The summed E-state index contributed by atoms with van der Waals surface area (Å²) >= 11 is 0. The molecule has 4 nitrogen and oxygen atoms in total. The van der Waals surface area contributed by atoms with Gasteiger partial charge in [0.2, 0.25) is 10.0 Å². The first-order valence-electron chi connectivity index (χ1n) is 8.61. The van der Waals surface area contributed by atoms with E-state index in [0.717, 1.165) is 25.0 Å². The molecule has 1 aromatic carbocycles. The zero-order valence-electron chi connectivity index (χ0n) is 14.7. The summed E-state index contributed by atoms with van der Waals surface area (Å²) in [5.41, 5.74) is -1.06. The van der Waals surface area contributed by atoms with Gasteiger partial charge in [0.15, 0.2) is 0 Å². The van der Waals surface area contributed by atoms with E-state index in [-0.39, 0.29) is 17.6 Å². The Bertz CT molecular complexity index is 712. The third-order valence-electron chi connectivity index (χ3n) is 4.66. The molecule has 1 aliphatic carbocycles. The van der Waals surface area contributed by atoms with Gasteiger partial charge in [-0.3, -0.25) is 0 Å². The SMILES string of the molecule is CC(C)S(=O)(=O)N[C@H]1CC[C@H](CNc2ccc(F)c(C(F)(F)F)c2)CC1. The Morgan fingerprint density at radius 3 is 2.31 bits per heavy atom. The Labute approximate surface area is 151 Å². The zero-order valence-corrected chi connectivity index (χ0v) is 15.6. The van der Waals surface area contributed by atoms with Crippen LogP contribution in [0.15, 0.2) is 18.2 Å². The minimum Gasteiger partial charge on any atom is -0.385 e. The molecular weight excluding hydrogens is 372 g/mol. The fourth-order valence-corrected chi connectivity index (χ4v) is 3.94. The molecule has 0 bridgehead atoms. The molecule has 0 aliphatic heterocycles. The molecule has 1 fully saturated rings. The highest BCUT2D eigenvalue weighted by Gasteiger charge is 2.34. The molecule has 1 aliphatic rings. The lowest BCUT2D eigenvalue weighted by Gasteiger charge is -2.29. The van der Waals surface area contributed by atoms with Crippen molar-refractivity contribution < 1.29 is 26.0 Å². The Morgan fingerprint density at radius 1 is 1.15 bits per heavy atom. The van der Waals surface area contributed by atoms with Gasteiger partial charge in [0, 0.05) is 18.3 Å². The summed E-state index contributed by atoms with van der Waals surface area (Å²) in [4.78, 5) is 0. The molecule has 2 N–H and O–H groups in total. The Hall–Kier alpha value is -1.35. The van der Waals surface area contributed by atoms with Gasteiger partial charge in [-0.25, -0.2) is 17.5 Å². The highest BCUT2D eigenvalue weighted by atomic mass is 32.2. The molecule has 26 heavy (non-hydrogen) atoms. The molecule has 0 aromatic heterocycles. The molecule has 148 valence electrons. The minimum atomic E-state index is -4.73. The molecule has 2 rings (SSSR count). The number of alkyl halides is 3. The average molecular weight is 396 g/mol. The van der Waals surface area contributed by atoms with Gasteiger partial charge in [0.25, 0.3) is 0 Å². The van der Waals surface area contributed by atoms with E-state index in [4.69, 9.17) is 0 Å². The number of benzene rings is 1. The third kappa shape index (κ3) is 5.57. The second-order valence-electron chi connectivity index (χ2n) is 7.00. The van der Waals surface area contributed by atoms with Crippen molar-refractivity contribution in [1.82, 2.24) is 4.72 Å². The molecule has 9 heteroatoms. The number of anilines is 1. The molecule has 0 amide bonds. The van der Waals surface area contributed by atoms with E-state index in [1.807, 2.05) is 0 Å². The fourth-order valence-electron chi connectivity index (χ4n) is 2.97. The summed E-state index contributed by atoms with van der Waals surface area (Å²) < 4.78 is 78.0. The van der Waals surface area contributed by atoms with Crippen molar-refractivity contribution in [3.63, 3.8) is 0 Å². The highest BCUT2D eigenvalue weighted by molar-refractivity contribution is 7.90. The molecule has 0 unspecified atom stereocenters. The molecule has 0 atom stereocenters. The Kier molecular flexibility index (Phi) is 6.55. The highest BCUT2D eigenvalue weighted by Crippen LogP contribution is 2.33. The first kappa shape index (κ1) is 21.0. The van der Waals surface area contributed by atoms with Gasteiger partial charge in [0.05, 0.1) is 10.8 Å². The lowest BCUT2D eigenvalue weighted by molar-refractivity contribution is -0.139. The summed E-state index contributed by atoms with van der Waals surface area (Å²) in [5.74, 6) is -1.06. The van der Waals surface area contributed by atoms with Crippen LogP contribution in [0, 0.1) is 11.7 Å². The van der Waals surface area contributed by atoms with Gasteiger partial charge < -0.3 is 5.32 Å². The van der Waals surface area contributed by atoms with E-state index < -0.39 is 32.8 Å². The molecule has 0 spiro atoms. The van der Waals surface area contributed by atoms with Gasteiger partial charge in [-0.05, 0) is 63.6 Å². The first-order chi connectivity index (χ1) is 12.0. The van der Waals surface area contributed by atoms with Crippen LogP contribution >= 0.6 is 0 Å². The van der Waals surface area contributed by atoms with Crippen molar-refractivity contribution >= 4 is 15.7 Å². The Morgan fingerprint density at radius 2 is 1.77 bits per heavy atom. The third-order valence-corrected chi connectivity index (χ3v) is 6.57. The van der Waals surface area contributed by atoms with E-state index in [2.05, 4.69) is 10.0 Å². The van der Waals surface area contributed by atoms with Crippen LogP contribution in [0.25, 0.3) is 0 Å². The van der Waals surface area contributed by atoms with Gasteiger partial charge in [-0.15, -0.1) is 0 Å². The van der Waals surface area contributed by atoms with Gasteiger partial charge >= 0.3 is 6.18 Å². The molecular formula is C17H24F4N2O2S. The monoisotopic (exact) mass is 396 g/mol. The van der Waals surface area contributed by atoms with Crippen LogP contribution in [0.1, 0.15) is 45.1 Å². The second-order valence-corrected chi connectivity index (χ2v) is 9.27. The largest absolute Gasteiger partial charge is 0.419 e. The molecule has 0 saturated heterocycles. The lowest BCUT2D eigenvalue weighted by Crippen LogP contribution is -2.41. The van der Waals surface area contributed by atoms with Crippen LogP contribution in [0.2, 0.25) is 0 Å². The molecule has 1 saturated carbocycles. The summed E-state index contributed by atoms with van der Waals surface area (Å²) in [7, 11) is -3.30. The van der Waals surface area contributed by atoms with Gasteiger partial charge in [-0.1, -0.05) is 0 Å². The maximum absolute atomic E-state index is 13.3. The van der Waals surface area contributed by atoms with Crippen molar-refractivity contribution in [3.05, 3.63) is 29.6 Å². The maximum Gasteiger partial charge on any atom is 0.419 e. The van der Waals surface area contributed by atoms with E-state index in [9.17, 15) is 26.0 Å². The molecule has 1 aromatic rings. The van der Waals surface area contributed by atoms with E-state index in [1.54, 1.807) is 13.8 Å². The number of rotatable bonds is 6. The van der Waals surface area contributed by atoms with E-state index in [0.29, 0.717) is 19.4 Å². The first-order valence-corrected chi connectivity index (χ1v) is 10.2. The van der Waals surface area contributed by atoms with E-state index >= 15 is 0 Å². The maximum atomic E-state index is 13.3. The van der Waals surface area contributed by atoms with Gasteiger partial charge in [0.1, 0.15) is 5.82 Å². The predicted molar refractivity (Wildman–Crippen MR) is 92.8 cm³/mol. The zero-order chi connectivity index (χ0) is 19.5. The number of hydrogen-bond acceptors (Lipinski definition) is 3. The van der Waals surface area contributed by atoms with Crippen LogP contribution in [0.3, 0.4) is 0 Å². The van der Waals surface area contributed by atoms with Crippen LogP contribution in [0.4, 0.5) is 23.2 Å². The van der Waals surface area contributed by atoms with Crippen molar-refractivity contribution in [2.75, 3.05) is 11.9 Å². The summed E-state index contributed by atoms with van der Waals surface area (Å²) in [6.45, 7) is 3.71. The van der Waals surface area contributed by atoms with Crippen LogP contribution < -0.4 is 10.0 Å². The number of halogens is 4. The van der Waals surface area contributed by atoms with Gasteiger partial charge in [-0.2, -0.15) is 13.2 Å². The number of sulfonamides is 1. The fraction of sp³-hybridized carbons (Fsp3) is 0.647.